The largest absolute Gasteiger partial charge is 0.503 e. The molecule has 0 aliphatic carbocycles. The summed E-state index contributed by atoms with van der Waals surface area (Å²) in [6, 6.07) is 7.10. The summed E-state index contributed by atoms with van der Waals surface area (Å²) in [5, 5.41) is 9.90. The van der Waals surface area contributed by atoms with Gasteiger partial charge in [-0.15, -0.1) is 0 Å². The van der Waals surface area contributed by atoms with Crippen molar-refractivity contribution in [2.75, 3.05) is 7.11 Å². The fourth-order valence-corrected chi connectivity index (χ4v) is 3.99. The topological polar surface area (TPSA) is 76.7 Å². The molecule has 1 aromatic carbocycles. The molecule has 0 amide bonds. The fourth-order valence-electron chi connectivity index (χ4n) is 2.58. The number of aromatic hydroxyl groups is 1. The molecule has 8 heteroatoms. The van der Waals surface area contributed by atoms with Crippen LogP contribution >= 0.6 is 27.3 Å². The van der Waals surface area contributed by atoms with Crippen LogP contribution in [0.4, 0.5) is 0 Å². The van der Waals surface area contributed by atoms with Gasteiger partial charge < -0.3 is 9.84 Å². The zero-order valence-corrected chi connectivity index (χ0v) is 15.9. The fraction of sp³-hybridized carbons (Fsp3) is 0.0556. The number of phenols is 1. The summed E-state index contributed by atoms with van der Waals surface area (Å²) in [7, 11) is 1.48. The molecule has 0 bridgehead atoms. The van der Waals surface area contributed by atoms with Crippen molar-refractivity contribution in [3.05, 3.63) is 67.8 Å². The van der Waals surface area contributed by atoms with E-state index in [4.69, 9.17) is 4.74 Å². The number of benzene rings is 1. The van der Waals surface area contributed by atoms with Crippen LogP contribution in [0.25, 0.3) is 22.3 Å². The van der Waals surface area contributed by atoms with Crippen LogP contribution < -0.4 is 14.8 Å². The average Bonchev–Trinajstić information content (AvgIpc) is 3.19. The van der Waals surface area contributed by atoms with Crippen LogP contribution in [0.5, 0.6) is 11.5 Å². The Labute approximate surface area is 160 Å². The van der Waals surface area contributed by atoms with Crippen LogP contribution in [0.2, 0.25) is 0 Å². The summed E-state index contributed by atoms with van der Waals surface area (Å²) >= 11 is 4.59. The molecule has 26 heavy (non-hydrogen) atoms. The van der Waals surface area contributed by atoms with E-state index in [1.165, 1.54) is 18.4 Å². The van der Waals surface area contributed by atoms with Crippen molar-refractivity contribution >= 4 is 38.3 Å². The maximum absolute atomic E-state index is 12.7. The smallest absolute Gasteiger partial charge is 0.274 e. The number of pyridine rings is 1. The number of aromatic nitrogens is 3. The summed E-state index contributed by atoms with van der Waals surface area (Å²) in [5.41, 5.74) is 2.24. The van der Waals surface area contributed by atoms with Gasteiger partial charge in [-0.3, -0.25) is 14.2 Å². The Hall–Kier alpha value is -2.71. The van der Waals surface area contributed by atoms with Gasteiger partial charge in [-0.25, -0.2) is 4.98 Å². The highest BCUT2D eigenvalue weighted by molar-refractivity contribution is 9.10. The summed E-state index contributed by atoms with van der Waals surface area (Å²) in [6.07, 6.45) is 6.86. The van der Waals surface area contributed by atoms with Gasteiger partial charge in [-0.2, -0.15) is 0 Å². The Morgan fingerprint density at radius 1 is 1.31 bits per heavy atom. The lowest BCUT2D eigenvalue weighted by molar-refractivity contribution is 0.372. The van der Waals surface area contributed by atoms with Gasteiger partial charge in [0.1, 0.15) is 0 Å². The number of hydrogen-bond donors (Lipinski definition) is 1. The molecule has 1 N–H and O–H groups in total. The van der Waals surface area contributed by atoms with Crippen LogP contribution in [-0.4, -0.2) is 26.6 Å². The monoisotopic (exact) mass is 429 g/mol. The van der Waals surface area contributed by atoms with E-state index in [0.717, 1.165) is 16.8 Å². The number of phenolic OH excluding ortho intramolecular Hbond substituents is 1. The first-order valence-corrected chi connectivity index (χ1v) is 9.18. The number of methoxy groups -OCH3 is 1. The van der Waals surface area contributed by atoms with Crippen molar-refractivity contribution in [3.8, 4) is 22.8 Å². The lowest BCUT2D eigenvalue weighted by Gasteiger charge is -2.06. The standard InChI is InChI=1S/C18H12BrN3O3S/c1-25-14-7-10(6-12(19)16(14)23)8-15-17(24)22-9-13(21-18(22)26-15)11-2-4-20-5-3-11/h2-9,23H,1H3/b15-8-. The van der Waals surface area contributed by atoms with Crippen molar-refractivity contribution < 1.29 is 9.84 Å². The zero-order valence-electron chi connectivity index (χ0n) is 13.5. The maximum atomic E-state index is 12.7. The molecule has 0 aliphatic rings. The van der Waals surface area contributed by atoms with E-state index in [-0.39, 0.29) is 11.3 Å². The molecule has 130 valence electrons. The molecule has 0 saturated carbocycles. The first kappa shape index (κ1) is 16.7. The summed E-state index contributed by atoms with van der Waals surface area (Å²) in [4.78, 5) is 21.8. The molecule has 4 aromatic rings. The maximum Gasteiger partial charge on any atom is 0.274 e. The number of thiazole rings is 1. The molecule has 0 unspecified atom stereocenters. The first-order chi connectivity index (χ1) is 12.6. The normalized spacial score (nSPS) is 12.0. The second kappa shape index (κ2) is 6.54. The summed E-state index contributed by atoms with van der Waals surface area (Å²) in [6.45, 7) is 0. The number of rotatable bonds is 3. The quantitative estimate of drug-likeness (QED) is 0.541. The highest BCUT2D eigenvalue weighted by Crippen LogP contribution is 2.35. The number of halogens is 1. The van der Waals surface area contributed by atoms with Crippen LogP contribution in [0.15, 0.2) is 52.1 Å². The first-order valence-electron chi connectivity index (χ1n) is 7.57. The van der Waals surface area contributed by atoms with Crippen molar-refractivity contribution in [2.24, 2.45) is 0 Å². The molecular weight excluding hydrogens is 418 g/mol. The average molecular weight is 430 g/mol. The third kappa shape index (κ3) is 2.87. The van der Waals surface area contributed by atoms with E-state index in [0.29, 0.717) is 19.7 Å². The molecular formula is C18H12BrN3O3S. The van der Waals surface area contributed by atoms with Gasteiger partial charge in [0.15, 0.2) is 16.5 Å². The molecule has 0 saturated heterocycles. The predicted molar refractivity (Wildman–Crippen MR) is 104 cm³/mol. The van der Waals surface area contributed by atoms with Crippen LogP contribution in [0.1, 0.15) is 5.56 Å². The second-order valence-electron chi connectivity index (χ2n) is 5.48. The van der Waals surface area contributed by atoms with E-state index in [1.54, 1.807) is 41.2 Å². The van der Waals surface area contributed by atoms with Gasteiger partial charge in [0.25, 0.3) is 5.56 Å². The SMILES string of the molecule is COc1cc(/C=c2\sc3nc(-c4ccncc4)cn3c2=O)cc(Br)c1O. The molecule has 4 rings (SSSR count). The van der Waals surface area contributed by atoms with Crippen LogP contribution in [0.3, 0.4) is 0 Å². The molecule has 0 atom stereocenters. The lowest BCUT2D eigenvalue weighted by Crippen LogP contribution is -2.22. The third-order valence-corrected chi connectivity index (χ3v) is 5.44. The Kier molecular flexibility index (Phi) is 4.21. The van der Waals surface area contributed by atoms with E-state index in [9.17, 15) is 9.90 Å². The molecule has 0 aliphatic heterocycles. The minimum absolute atomic E-state index is 0.0231. The van der Waals surface area contributed by atoms with Gasteiger partial charge in [0.2, 0.25) is 0 Å². The molecule has 3 heterocycles. The van der Waals surface area contributed by atoms with Crippen molar-refractivity contribution in [1.82, 2.24) is 14.4 Å². The Morgan fingerprint density at radius 2 is 2.08 bits per heavy atom. The van der Waals surface area contributed by atoms with E-state index < -0.39 is 0 Å². The van der Waals surface area contributed by atoms with Crippen molar-refractivity contribution in [2.45, 2.75) is 0 Å². The number of hydrogen-bond acceptors (Lipinski definition) is 6. The third-order valence-electron chi connectivity index (χ3n) is 3.85. The van der Waals surface area contributed by atoms with E-state index in [1.807, 2.05) is 12.1 Å². The summed E-state index contributed by atoms with van der Waals surface area (Å²) < 4.78 is 7.73. The van der Waals surface area contributed by atoms with Gasteiger partial charge in [0.05, 0.1) is 21.8 Å². The molecule has 0 fully saturated rings. The number of nitrogens with zero attached hydrogens (tertiary/aromatic N) is 3. The molecule has 6 nitrogen and oxygen atoms in total. The summed E-state index contributed by atoms with van der Waals surface area (Å²) in [5.74, 6) is 0.356. The minimum Gasteiger partial charge on any atom is -0.503 e. The van der Waals surface area contributed by atoms with Crippen molar-refractivity contribution in [1.29, 1.82) is 0 Å². The van der Waals surface area contributed by atoms with E-state index >= 15 is 0 Å². The van der Waals surface area contributed by atoms with E-state index in [2.05, 4.69) is 25.9 Å². The van der Waals surface area contributed by atoms with Gasteiger partial charge in [-0.1, -0.05) is 11.3 Å². The Bertz CT molecular complexity index is 1220. The Morgan fingerprint density at radius 3 is 2.77 bits per heavy atom. The molecule has 0 radical (unpaired) electrons. The van der Waals surface area contributed by atoms with Crippen molar-refractivity contribution in [3.63, 3.8) is 0 Å². The number of ether oxygens (including phenoxy) is 1. The Balaban J connectivity index is 1.82. The van der Waals surface area contributed by atoms with Crippen LogP contribution in [0, 0.1) is 0 Å². The van der Waals surface area contributed by atoms with Crippen LogP contribution in [-0.2, 0) is 0 Å². The van der Waals surface area contributed by atoms with Gasteiger partial charge >= 0.3 is 0 Å². The van der Waals surface area contributed by atoms with Gasteiger partial charge in [-0.05, 0) is 51.8 Å². The number of fused-ring (bicyclic) bond motifs is 1. The number of imidazole rings is 1. The predicted octanol–water partition coefficient (Wildman–Crippen LogP) is 2.84. The second-order valence-corrected chi connectivity index (χ2v) is 7.35. The highest BCUT2D eigenvalue weighted by atomic mass is 79.9. The minimum atomic E-state index is -0.138. The molecule has 3 aromatic heterocycles. The molecule has 0 spiro atoms. The zero-order chi connectivity index (χ0) is 18.3. The lowest BCUT2D eigenvalue weighted by atomic mass is 10.2. The highest BCUT2D eigenvalue weighted by Gasteiger charge is 2.11. The van der Waals surface area contributed by atoms with Gasteiger partial charge in [0, 0.05) is 24.2 Å².